The van der Waals surface area contributed by atoms with Crippen LogP contribution in [-0.4, -0.2) is 42.3 Å². The lowest BCUT2D eigenvalue weighted by Crippen LogP contribution is -2.37. The zero-order valence-electron chi connectivity index (χ0n) is 19.7. The van der Waals surface area contributed by atoms with Gasteiger partial charge in [0.2, 0.25) is 0 Å². The number of hydrogen-bond donors (Lipinski definition) is 2. The van der Waals surface area contributed by atoms with E-state index < -0.39 is 27.8 Å². The Morgan fingerprint density at radius 2 is 1.78 bits per heavy atom. The molecular weight excluding hydrogens is 537 g/mol. The highest BCUT2D eigenvalue weighted by Crippen LogP contribution is 2.38. The Morgan fingerprint density at radius 1 is 1.11 bits per heavy atom. The maximum atomic E-state index is 12.9. The van der Waals surface area contributed by atoms with Crippen molar-refractivity contribution in [2.75, 3.05) is 17.0 Å². The van der Waals surface area contributed by atoms with E-state index in [0.29, 0.717) is 40.6 Å². The number of hydrogen-bond acceptors (Lipinski definition) is 7. The van der Waals surface area contributed by atoms with Crippen LogP contribution >= 0.6 is 23.1 Å². The molecule has 8 nitrogen and oxygen atoms in total. The summed E-state index contributed by atoms with van der Waals surface area (Å²) in [7, 11) is -3.98. The fourth-order valence-electron chi connectivity index (χ4n) is 3.26. The first-order valence-corrected chi connectivity index (χ1v) is 14.2. The number of carbonyl (C=O) groups is 1. The molecule has 14 heteroatoms. The van der Waals surface area contributed by atoms with Gasteiger partial charge in [-0.1, -0.05) is 24.1 Å². The van der Waals surface area contributed by atoms with E-state index in [2.05, 4.69) is 9.71 Å². The molecule has 0 spiro atoms. The first-order valence-electron chi connectivity index (χ1n) is 10.9. The van der Waals surface area contributed by atoms with Gasteiger partial charge in [0.25, 0.3) is 10.0 Å². The summed E-state index contributed by atoms with van der Waals surface area (Å²) in [6.45, 7) is 5.36. The highest BCUT2D eigenvalue weighted by Gasteiger charge is 2.38. The van der Waals surface area contributed by atoms with Crippen LogP contribution in [0.25, 0.3) is 5.69 Å². The fraction of sp³-hybridized carbons (Fsp3) is 0.409. The Morgan fingerprint density at radius 3 is 2.42 bits per heavy atom. The van der Waals surface area contributed by atoms with Gasteiger partial charge in [0.1, 0.15) is 5.69 Å². The number of nitrogens with one attached hydrogen (secondary N) is 2. The van der Waals surface area contributed by atoms with E-state index in [1.807, 2.05) is 19.2 Å². The molecule has 1 aromatic carbocycles. The zero-order valence-corrected chi connectivity index (χ0v) is 22.2. The molecule has 36 heavy (non-hydrogen) atoms. The normalized spacial score (nSPS) is 12.2. The van der Waals surface area contributed by atoms with E-state index in [4.69, 9.17) is 0 Å². The first kappa shape index (κ1) is 28.0. The smallest absolute Gasteiger partial charge is 0.348 e. The van der Waals surface area contributed by atoms with Gasteiger partial charge in [0.15, 0.2) is 5.82 Å². The standard InChI is InChI=1S/C22H25F3N4O4S3/c1-13-7-9-16(10-8-13)36(32,33)28-18-17-19(35-15(3)14(2)29(17)21(31)27-18)34-12-6-4-5-11-26-20(30)22(23,24)25/h7-10H,4-6,11-12H2,1-3H3,(H,26,30)(H,27,28,31). The van der Waals surface area contributed by atoms with E-state index >= 15 is 0 Å². The summed E-state index contributed by atoms with van der Waals surface area (Å²) >= 11 is 2.82. The van der Waals surface area contributed by atoms with E-state index in [1.165, 1.54) is 39.8 Å². The molecular formula is C22H25F3N4O4S3. The number of alkyl halides is 3. The Labute approximate surface area is 214 Å². The van der Waals surface area contributed by atoms with Gasteiger partial charge in [-0.05, 0) is 51.5 Å². The molecule has 0 unspecified atom stereocenters. The van der Waals surface area contributed by atoms with Crippen molar-refractivity contribution in [3.63, 3.8) is 0 Å². The molecule has 0 bridgehead atoms. The van der Waals surface area contributed by atoms with Gasteiger partial charge < -0.3 is 5.32 Å². The minimum atomic E-state index is -4.89. The van der Waals surface area contributed by atoms with Crippen molar-refractivity contribution < 1.29 is 26.4 Å². The van der Waals surface area contributed by atoms with E-state index in [9.17, 15) is 31.2 Å². The van der Waals surface area contributed by atoms with Crippen molar-refractivity contribution in [2.45, 2.75) is 55.3 Å². The number of rotatable bonds is 10. The molecule has 0 fully saturated rings. The van der Waals surface area contributed by atoms with Gasteiger partial charge in [0.05, 0.1) is 9.10 Å². The maximum absolute atomic E-state index is 12.9. The number of benzene rings is 1. The molecule has 0 atom stereocenters. The van der Waals surface area contributed by atoms with Crippen LogP contribution in [0.4, 0.5) is 19.0 Å². The number of carbonyl (C=O) groups excluding carboxylic acids is 1. The number of aryl methyl sites for hydroxylation is 2. The second-order valence-electron chi connectivity index (χ2n) is 8.04. The van der Waals surface area contributed by atoms with Crippen LogP contribution in [-0.2, 0) is 14.8 Å². The second kappa shape index (κ2) is 11.2. The number of halogens is 3. The van der Waals surface area contributed by atoms with Crippen LogP contribution in [0, 0.1) is 20.8 Å². The number of aromatic nitrogens is 2. The quantitative estimate of drug-likeness (QED) is 0.280. The van der Waals surface area contributed by atoms with Crippen LogP contribution in [0.2, 0.25) is 0 Å². The average molecular weight is 563 g/mol. The zero-order chi connectivity index (χ0) is 26.7. The van der Waals surface area contributed by atoms with Gasteiger partial charge in [-0.3, -0.25) is 14.1 Å². The first-order chi connectivity index (χ1) is 16.8. The molecule has 2 aliphatic rings. The third-order valence-electron chi connectivity index (χ3n) is 5.29. The van der Waals surface area contributed by atoms with Crippen LogP contribution in [0.15, 0.2) is 38.2 Å². The van der Waals surface area contributed by atoms with Gasteiger partial charge in [0, 0.05) is 17.1 Å². The summed E-state index contributed by atoms with van der Waals surface area (Å²) in [6, 6.07) is 6.28. The van der Waals surface area contributed by atoms with Crippen molar-refractivity contribution in [3.8, 4) is 5.69 Å². The number of thioether (sulfide) groups is 1. The average Bonchev–Trinajstić information content (AvgIpc) is 3.11. The van der Waals surface area contributed by atoms with E-state index in [-0.39, 0.29) is 17.3 Å². The second-order valence-corrected chi connectivity index (χ2v) is 12.3. The molecule has 3 rings (SSSR count). The van der Waals surface area contributed by atoms with Crippen LogP contribution in [0.1, 0.15) is 35.4 Å². The topological polar surface area (TPSA) is 110 Å². The lowest BCUT2D eigenvalue weighted by Gasteiger charge is -2.16. The summed E-state index contributed by atoms with van der Waals surface area (Å²) in [6.07, 6.45) is -3.29. The van der Waals surface area contributed by atoms with E-state index in [0.717, 1.165) is 10.4 Å². The number of unbranched alkanes of at least 4 members (excludes halogenated alkanes) is 2. The Hall–Kier alpha value is -2.58. The number of fused-ring (bicyclic) bond motifs is 1. The van der Waals surface area contributed by atoms with Crippen LogP contribution in [0.5, 0.6) is 0 Å². The minimum Gasteiger partial charge on any atom is -0.348 e. The van der Waals surface area contributed by atoms with Crippen molar-refractivity contribution in [3.05, 3.63) is 50.9 Å². The number of imidazole rings is 1. The van der Waals surface area contributed by atoms with Crippen LogP contribution in [0.3, 0.4) is 0 Å². The summed E-state index contributed by atoms with van der Waals surface area (Å²) in [4.78, 5) is 28.4. The number of nitrogens with zero attached hydrogens (tertiary/aromatic N) is 2. The Bertz CT molecular complexity index is 1370. The summed E-state index contributed by atoms with van der Waals surface area (Å²) in [5, 5.41) is 1.84. The van der Waals surface area contributed by atoms with Gasteiger partial charge in [-0.15, -0.1) is 23.1 Å². The molecule has 0 aromatic heterocycles. The third kappa shape index (κ3) is 6.59. The molecule has 1 amide bonds. The third-order valence-corrected chi connectivity index (χ3v) is 9.18. The van der Waals surface area contributed by atoms with Crippen molar-refractivity contribution in [1.29, 1.82) is 0 Å². The molecule has 2 heterocycles. The van der Waals surface area contributed by atoms with Crippen LogP contribution < -0.4 is 15.7 Å². The minimum absolute atomic E-state index is 0.0426. The molecule has 0 radical (unpaired) electrons. The number of amides is 1. The monoisotopic (exact) mass is 562 g/mol. The fourth-order valence-corrected chi connectivity index (χ4v) is 6.79. The highest BCUT2D eigenvalue weighted by molar-refractivity contribution is 8.01. The summed E-state index contributed by atoms with van der Waals surface area (Å²) < 4.78 is 67.0. The predicted octanol–water partition coefficient (Wildman–Crippen LogP) is 4.40. The number of anilines is 1. The van der Waals surface area contributed by atoms with Crippen molar-refractivity contribution in [1.82, 2.24) is 14.9 Å². The highest BCUT2D eigenvalue weighted by atomic mass is 32.2. The lowest BCUT2D eigenvalue weighted by molar-refractivity contribution is -0.173. The molecule has 2 aliphatic heterocycles. The molecule has 2 N–H and O–H groups in total. The molecule has 0 saturated heterocycles. The van der Waals surface area contributed by atoms with Gasteiger partial charge in [-0.25, -0.2) is 13.2 Å². The molecule has 196 valence electrons. The Balaban J connectivity index is 1.73. The Kier molecular flexibility index (Phi) is 8.72. The van der Waals surface area contributed by atoms with E-state index in [1.54, 1.807) is 19.1 Å². The SMILES string of the molecule is Cc1ccc(S(=O)(=O)Nc2nc(=O)n3c(C)c(C)sc(SCCCCCNC(=O)C(F)(F)F)c2-3)cc1. The summed E-state index contributed by atoms with van der Waals surface area (Å²) in [5.41, 5.74) is 1.32. The molecule has 1 aromatic rings. The van der Waals surface area contributed by atoms with Crippen molar-refractivity contribution >= 4 is 44.8 Å². The maximum Gasteiger partial charge on any atom is 0.471 e. The molecule has 0 aliphatic carbocycles. The van der Waals surface area contributed by atoms with Gasteiger partial charge in [-0.2, -0.15) is 18.2 Å². The largest absolute Gasteiger partial charge is 0.471 e. The molecule has 0 saturated carbocycles. The van der Waals surface area contributed by atoms with Gasteiger partial charge >= 0.3 is 17.8 Å². The number of sulfonamides is 1. The lowest BCUT2D eigenvalue weighted by atomic mass is 10.2. The van der Waals surface area contributed by atoms with Crippen molar-refractivity contribution in [2.24, 2.45) is 0 Å². The predicted molar refractivity (Wildman–Crippen MR) is 134 cm³/mol. The summed E-state index contributed by atoms with van der Waals surface area (Å²) in [5.74, 6) is -1.44.